The number of rotatable bonds is 5. The first-order valence-electron chi connectivity index (χ1n) is 10.3. The minimum atomic E-state index is 0.621. The lowest BCUT2D eigenvalue weighted by Crippen LogP contribution is -2.47. The first-order chi connectivity index (χ1) is 13.2. The number of hydrogen-bond donors (Lipinski definition) is 1. The zero-order valence-electron chi connectivity index (χ0n) is 16.2. The van der Waals surface area contributed by atoms with Gasteiger partial charge < -0.3 is 10.2 Å². The van der Waals surface area contributed by atoms with Gasteiger partial charge >= 0.3 is 0 Å². The van der Waals surface area contributed by atoms with Crippen molar-refractivity contribution >= 4 is 44.6 Å². The lowest BCUT2D eigenvalue weighted by Gasteiger charge is -2.36. The van der Waals surface area contributed by atoms with E-state index in [4.69, 9.17) is 16.6 Å². The van der Waals surface area contributed by atoms with Gasteiger partial charge in [0.1, 0.15) is 5.82 Å². The van der Waals surface area contributed by atoms with Gasteiger partial charge in [-0.15, -0.1) is 0 Å². The SMILES string of the molecule is CC(=S)N[C@H]1CC[C@@H](CCN2CCN(c3nsc4ccccc34)CC2)CC1. The van der Waals surface area contributed by atoms with Crippen LogP contribution in [0.5, 0.6) is 0 Å². The van der Waals surface area contributed by atoms with Crippen molar-refractivity contribution in [2.75, 3.05) is 37.6 Å². The van der Waals surface area contributed by atoms with Gasteiger partial charge in [0.25, 0.3) is 0 Å². The molecule has 1 aliphatic carbocycles. The second-order valence-corrected chi connectivity index (χ2v) is 9.46. The molecule has 6 heteroatoms. The fourth-order valence-corrected chi connectivity index (χ4v) is 5.49. The average molecular weight is 403 g/mol. The Kier molecular flexibility index (Phi) is 6.25. The lowest BCUT2D eigenvalue weighted by molar-refractivity contribution is 0.214. The summed E-state index contributed by atoms with van der Waals surface area (Å²) in [5.41, 5.74) is 0. The van der Waals surface area contributed by atoms with Gasteiger partial charge in [-0.3, -0.25) is 4.90 Å². The van der Waals surface area contributed by atoms with E-state index >= 15 is 0 Å². The van der Waals surface area contributed by atoms with Crippen molar-refractivity contribution in [3.05, 3.63) is 24.3 Å². The van der Waals surface area contributed by atoms with Crippen molar-refractivity contribution < 1.29 is 0 Å². The maximum absolute atomic E-state index is 5.18. The number of hydrogen-bond acceptors (Lipinski definition) is 5. The van der Waals surface area contributed by atoms with Gasteiger partial charge in [0.15, 0.2) is 0 Å². The monoisotopic (exact) mass is 402 g/mol. The number of nitrogens with zero attached hydrogens (tertiary/aromatic N) is 3. The molecule has 2 fully saturated rings. The van der Waals surface area contributed by atoms with E-state index in [-0.39, 0.29) is 0 Å². The number of nitrogens with one attached hydrogen (secondary N) is 1. The molecule has 1 aromatic carbocycles. The maximum atomic E-state index is 5.18. The Morgan fingerprint density at radius 1 is 1.15 bits per heavy atom. The van der Waals surface area contributed by atoms with Crippen LogP contribution in [0.3, 0.4) is 0 Å². The van der Waals surface area contributed by atoms with E-state index in [1.807, 2.05) is 6.92 Å². The number of fused-ring (bicyclic) bond motifs is 1. The van der Waals surface area contributed by atoms with Crippen LogP contribution in [0.1, 0.15) is 39.0 Å². The Labute approximate surface area is 172 Å². The van der Waals surface area contributed by atoms with Crippen LogP contribution in [0.25, 0.3) is 10.1 Å². The summed E-state index contributed by atoms with van der Waals surface area (Å²) in [7, 11) is 0. The molecule has 0 atom stereocenters. The third kappa shape index (κ3) is 4.79. The molecule has 146 valence electrons. The normalized spacial score (nSPS) is 24.3. The van der Waals surface area contributed by atoms with Crippen molar-refractivity contribution in [2.45, 2.75) is 45.1 Å². The molecule has 1 N–H and O–H groups in total. The molecule has 0 unspecified atom stereocenters. The van der Waals surface area contributed by atoms with Crippen LogP contribution in [-0.2, 0) is 0 Å². The smallest absolute Gasteiger partial charge is 0.150 e. The molecule has 0 radical (unpaired) electrons. The highest BCUT2D eigenvalue weighted by Crippen LogP contribution is 2.30. The Morgan fingerprint density at radius 3 is 2.63 bits per heavy atom. The zero-order valence-corrected chi connectivity index (χ0v) is 17.8. The third-order valence-corrected chi connectivity index (χ3v) is 7.07. The fourth-order valence-electron chi connectivity index (χ4n) is 4.53. The van der Waals surface area contributed by atoms with Gasteiger partial charge in [0.2, 0.25) is 0 Å². The Balaban J connectivity index is 1.21. The van der Waals surface area contributed by atoms with Gasteiger partial charge in [-0.2, -0.15) is 4.37 Å². The highest BCUT2D eigenvalue weighted by Gasteiger charge is 2.24. The fraction of sp³-hybridized carbons (Fsp3) is 0.619. The van der Waals surface area contributed by atoms with Crippen molar-refractivity contribution in [1.82, 2.24) is 14.6 Å². The van der Waals surface area contributed by atoms with E-state index in [2.05, 4.69) is 39.4 Å². The van der Waals surface area contributed by atoms with Crippen LogP contribution in [-0.4, -0.2) is 53.0 Å². The van der Waals surface area contributed by atoms with Crippen LogP contribution in [0.2, 0.25) is 0 Å². The molecule has 1 aliphatic heterocycles. The van der Waals surface area contributed by atoms with Gasteiger partial charge in [0.05, 0.1) is 9.69 Å². The predicted octanol–water partition coefficient (Wildman–Crippen LogP) is 4.30. The van der Waals surface area contributed by atoms with Crippen molar-refractivity contribution in [2.24, 2.45) is 5.92 Å². The van der Waals surface area contributed by atoms with E-state index in [0.717, 1.165) is 37.1 Å². The second-order valence-electron chi connectivity index (χ2n) is 8.04. The van der Waals surface area contributed by atoms with Crippen LogP contribution in [0, 0.1) is 5.92 Å². The average Bonchev–Trinajstić information content (AvgIpc) is 3.12. The molecular formula is C21H30N4S2. The second kappa shape index (κ2) is 8.84. The van der Waals surface area contributed by atoms with Gasteiger partial charge in [0, 0.05) is 37.6 Å². The molecule has 2 aromatic rings. The van der Waals surface area contributed by atoms with Crippen LogP contribution < -0.4 is 10.2 Å². The molecular weight excluding hydrogens is 372 g/mol. The molecule has 2 aliphatic rings. The van der Waals surface area contributed by atoms with E-state index in [1.165, 1.54) is 54.6 Å². The summed E-state index contributed by atoms with van der Waals surface area (Å²) in [6.07, 6.45) is 6.62. The summed E-state index contributed by atoms with van der Waals surface area (Å²) < 4.78 is 6.02. The Bertz CT molecular complexity index is 758. The third-order valence-electron chi connectivity index (χ3n) is 6.14. The highest BCUT2D eigenvalue weighted by molar-refractivity contribution is 7.80. The molecule has 4 rings (SSSR count). The van der Waals surface area contributed by atoms with E-state index in [0.29, 0.717) is 6.04 Å². The lowest BCUT2D eigenvalue weighted by atomic mass is 9.84. The number of anilines is 1. The van der Waals surface area contributed by atoms with Crippen molar-refractivity contribution in [1.29, 1.82) is 0 Å². The van der Waals surface area contributed by atoms with Gasteiger partial charge in [-0.05, 0) is 75.2 Å². The summed E-state index contributed by atoms with van der Waals surface area (Å²) in [5.74, 6) is 2.09. The van der Waals surface area contributed by atoms with E-state index < -0.39 is 0 Å². The van der Waals surface area contributed by atoms with Crippen LogP contribution in [0.15, 0.2) is 24.3 Å². The molecule has 1 aromatic heterocycles. The number of aromatic nitrogens is 1. The van der Waals surface area contributed by atoms with Gasteiger partial charge in [-0.1, -0.05) is 24.4 Å². The predicted molar refractivity (Wildman–Crippen MR) is 120 cm³/mol. The molecule has 1 saturated carbocycles. The van der Waals surface area contributed by atoms with Gasteiger partial charge in [-0.25, -0.2) is 0 Å². The summed E-state index contributed by atoms with van der Waals surface area (Å²) >= 11 is 6.80. The Morgan fingerprint density at radius 2 is 1.89 bits per heavy atom. The minimum Gasteiger partial charge on any atom is -0.377 e. The Hall–Kier alpha value is -1.24. The number of benzene rings is 1. The molecule has 27 heavy (non-hydrogen) atoms. The first kappa shape index (κ1) is 19.1. The largest absolute Gasteiger partial charge is 0.377 e. The van der Waals surface area contributed by atoms with Crippen LogP contribution >= 0.6 is 23.8 Å². The van der Waals surface area contributed by atoms with Crippen molar-refractivity contribution in [3.8, 4) is 0 Å². The summed E-state index contributed by atoms with van der Waals surface area (Å²) in [4.78, 5) is 6.07. The van der Waals surface area contributed by atoms with E-state index in [9.17, 15) is 0 Å². The first-order valence-corrected chi connectivity index (χ1v) is 11.5. The molecule has 1 saturated heterocycles. The number of piperazine rings is 1. The summed E-state index contributed by atoms with van der Waals surface area (Å²) in [6, 6.07) is 9.22. The van der Waals surface area contributed by atoms with E-state index in [1.54, 1.807) is 11.5 Å². The maximum Gasteiger partial charge on any atom is 0.150 e. The summed E-state index contributed by atoms with van der Waals surface area (Å²) in [6.45, 7) is 7.76. The molecule has 0 bridgehead atoms. The topological polar surface area (TPSA) is 31.4 Å². The van der Waals surface area contributed by atoms with Crippen molar-refractivity contribution in [3.63, 3.8) is 0 Å². The quantitative estimate of drug-likeness (QED) is 0.754. The van der Waals surface area contributed by atoms with Crippen LogP contribution in [0.4, 0.5) is 5.82 Å². The molecule has 2 heterocycles. The zero-order chi connectivity index (χ0) is 18.6. The standard InChI is InChI=1S/C21H30N4S2/c1-16(26)22-18-8-6-17(7-9-18)10-11-24-12-14-25(15-13-24)21-19-4-2-3-5-20(19)27-23-21/h2-5,17-18H,6-15H2,1H3,(H,22,26)/t17-,18+. The molecule has 0 amide bonds. The number of thiocarbonyl (C=S) groups is 1. The molecule has 4 nitrogen and oxygen atoms in total. The molecule has 0 spiro atoms. The summed E-state index contributed by atoms with van der Waals surface area (Å²) in [5, 5.41) is 4.76. The minimum absolute atomic E-state index is 0.621. The highest BCUT2D eigenvalue weighted by atomic mass is 32.1.